The van der Waals surface area contributed by atoms with Crippen molar-refractivity contribution in [2.45, 2.75) is 30.1 Å². The van der Waals surface area contributed by atoms with E-state index >= 15 is 0 Å². The third kappa shape index (κ3) is 12.4. The molecule has 6 nitrogen and oxygen atoms in total. The fraction of sp³-hybridized carbons (Fsp3) is 0.0400. The average Bonchev–Trinajstić information content (AvgIpc) is 1.53. The quantitative estimate of drug-likeness (QED) is 0.115. The molecule has 0 fully saturated rings. The van der Waals surface area contributed by atoms with Crippen LogP contribution in [-0.2, 0) is 16.2 Å². The first-order valence-electron chi connectivity index (χ1n) is 45.5. The summed E-state index contributed by atoms with van der Waals surface area (Å²) in [6.07, 6.45) is 0. The third-order valence-electron chi connectivity index (χ3n) is 28.1. The summed E-state index contributed by atoms with van der Waals surface area (Å²) in [4.78, 5) is 4.81. The molecule has 0 spiro atoms. The molecule has 20 aromatic carbocycles. The van der Waals surface area contributed by atoms with Gasteiger partial charge in [0, 0.05) is 91.0 Å². The van der Waals surface area contributed by atoms with Crippen molar-refractivity contribution in [3.05, 3.63) is 517 Å². The van der Waals surface area contributed by atoms with E-state index in [1.165, 1.54) is 129 Å². The van der Waals surface area contributed by atoms with E-state index in [4.69, 9.17) is 18.9 Å². The Labute approximate surface area is 779 Å². The van der Waals surface area contributed by atoms with Gasteiger partial charge in [-0.1, -0.05) is 341 Å². The second-order valence-corrected chi connectivity index (χ2v) is 37.7. The highest BCUT2D eigenvalue weighted by Crippen LogP contribution is 2.66. The van der Waals surface area contributed by atoms with E-state index in [9.17, 15) is 0 Å². The Morgan fingerprint density at radius 3 is 1.02 bits per heavy atom. The molecule has 0 N–H and O–H groups in total. The van der Waals surface area contributed by atoms with Gasteiger partial charge in [0.15, 0.2) is 46.0 Å². The molecule has 5 aliphatic rings. The summed E-state index contributed by atoms with van der Waals surface area (Å²) in [7, 11) is 0. The Hall–Kier alpha value is -16.4. The van der Waals surface area contributed by atoms with Crippen LogP contribution in [0.4, 0.5) is 34.1 Å². The Morgan fingerprint density at radius 1 is 0.195 bits per heavy atom. The van der Waals surface area contributed by atoms with Crippen molar-refractivity contribution in [2.75, 3.05) is 9.80 Å². The molecular weight excluding hydrogens is 1660 g/mol. The normalized spacial score (nSPS) is 15.1. The van der Waals surface area contributed by atoms with Crippen molar-refractivity contribution < 1.29 is 18.9 Å². The van der Waals surface area contributed by atoms with Gasteiger partial charge in [-0.25, -0.2) is 0 Å². The number of para-hydroxylation sites is 4. The van der Waals surface area contributed by atoms with Crippen LogP contribution in [0, 0.1) is 0 Å². The second-order valence-electron chi connectivity index (χ2n) is 35.5. The van der Waals surface area contributed by atoms with Gasteiger partial charge in [0.2, 0.25) is 0 Å². The van der Waals surface area contributed by atoms with Crippen molar-refractivity contribution >= 4 is 97.1 Å². The summed E-state index contributed by atoms with van der Waals surface area (Å²) in [6.45, 7) is 4.68. The maximum absolute atomic E-state index is 6.86. The molecule has 2 aliphatic heterocycles. The molecule has 0 saturated carbocycles. The number of thiophene rings is 2. The van der Waals surface area contributed by atoms with Crippen molar-refractivity contribution in [2.24, 2.45) is 0 Å². The smallest absolute Gasteiger partial charge is 0.178 e. The highest BCUT2D eigenvalue weighted by atomic mass is 32.1. The molecule has 2 unspecified atom stereocenters. The minimum atomic E-state index is -0.681. The van der Waals surface area contributed by atoms with Gasteiger partial charge in [0.05, 0.1) is 10.8 Å². The predicted molar refractivity (Wildman–Crippen MR) is 550 cm³/mol. The summed E-state index contributed by atoms with van der Waals surface area (Å²) >= 11 is 3.71. The first-order valence-corrected chi connectivity index (χ1v) is 47.1. The van der Waals surface area contributed by atoms with Gasteiger partial charge < -0.3 is 28.7 Å². The molecule has 22 aromatic rings. The molecule has 4 heterocycles. The molecule has 0 saturated heterocycles. The molecular formula is C125H82N2O4S2. The highest BCUT2D eigenvalue weighted by Gasteiger charge is 2.51. The average molecular weight is 1740 g/mol. The number of nitrogens with zero attached hydrogens (tertiary/aromatic N) is 2. The Morgan fingerprint density at radius 2 is 0.519 bits per heavy atom. The fourth-order valence-corrected chi connectivity index (χ4v) is 24.2. The monoisotopic (exact) mass is 1740 g/mol. The van der Waals surface area contributed by atoms with Crippen molar-refractivity contribution in [1.82, 2.24) is 0 Å². The van der Waals surface area contributed by atoms with Gasteiger partial charge in [0.1, 0.15) is 0 Å². The van der Waals surface area contributed by atoms with Crippen LogP contribution in [0.2, 0.25) is 0 Å². The molecule has 2 atom stereocenters. The topological polar surface area (TPSA) is 43.4 Å². The van der Waals surface area contributed by atoms with E-state index in [1.807, 2.05) is 71.2 Å². The van der Waals surface area contributed by atoms with Gasteiger partial charge in [-0.05, 0) is 245 Å². The zero-order valence-electron chi connectivity index (χ0n) is 72.7. The van der Waals surface area contributed by atoms with Crippen molar-refractivity contribution in [1.29, 1.82) is 0 Å². The van der Waals surface area contributed by atoms with Crippen LogP contribution >= 0.6 is 22.7 Å². The predicted octanol–water partition coefficient (Wildman–Crippen LogP) is 34.9. The Balaban J connectivity index is 0.000000139. The van der Waals surface area contributed by atoms with Crippen LogP contribution in [0.25, 0.3) is 107 Å². The molecule has 27 rings (SSSR count). The molecule has 0 bridgehead atoms. The first kappa shape index (κ1) is 77.7. The molecule has 0 radical (unpaired) electrons. The van der Waals surface area contributed by atoms with Crippen LogP contribution in [0.3, 0.4) is 0 Å². The standard InChI is InChI=1S/C64H45NO2.C61H37NO2S2/c1-63(2)54-21-11-9-19-51(54)53-41-50(37-38-55(53)63)65(48-33-27-45(28-34-48)43-17-7-4-8-18-43)49-35-31-47(32-36-49)64(46-29-25-44(26-30-46)42-15-5-3-6-16-42)56-22-12-10-20-52(56)61-57(64)39-40-60-62(61)67-59-24-14-13-23-58(59)66-60;1-2-12-38(13-3-1)39-22-27-42(28-23-39)62(44-31-35-57-49(37-44)46-15-6-11-21-56(46)65-57)43-29-24-40(25-30-43)61(41-26-32-47-45-14-5-10-20-55(45)66-58(47)36-41)50-17-7-4-16-48(50)59-51(61)33-34-54-60(59)64-53-19-9-8-18-52(53)63-54/h3-41H,1-2H3;1-37H. The van der Waals surface area contributed by atoms with E-state index in [0.717, 1.165) is 102 Å². The fourth-order valence-electron chi connectivity index (χ4n) is 22.0. The molecule has 133 heavy (non-hydrogen) atoms. The number of ether oxygens (including phenoxy) is 4. The van der Waals surface area contributed by atoms with E-state index in [1.54, 1.807) is 0 Å². The lowest BCUT2D eigenvalue weighted by Gasteiger charge is -2.35. The van der Waals surface area contributed by atoms with Crippen LogP contribution in [0.15, 0.2) is 461 Å². The molecule has 3 aliphatic carbocycles. The maximum atomic E-state index is 6.86. The van der Waals surface area contributed by atoms with Gasteiger partial charge in [-0.15, -0.1) is 22.7 Å². The van der Waals surface area contributed by atoms with Gasteiger partial charge in [-0.3, -0.25) is 0 Å². The van der Waals surface area contributed by atoms with E-state index in [2.05, 4.69) is 436 Å². The number of hydrogen-bond donors (Lipinski definition) is 0. The molecule has 2 aromatic heterocycles. The van der Waals surface area contributed by atoms with Crippen LogP contribution < -0.4 is 28.7 Å². The van der Waals surface area contributed by atoms with Crippen molar-refractivity contribution in [3.63, 3.8) is 0 Å². The maximum Gasteiger partial charge on any atom is 0.178 e. The number of benzene rings is 20. The lowest BCUT2D eigenvalue weighted by molar-refractivity contribution is 0.360. The summed E-state index contributed by atoms with van der Waals surface area (Å²) in [5.41, 5.74) is 31.4. The summed E-state index contributed by atoms with van der Waals surface area (Å²) in [5, 5.41) is 5.12. The minimum Gasteiger partial charge on any atom is -0.449 e. The first-order chi connectivity index (χ1) is 65.6. The summed E-state index contributed by atoms with van der Waals surface area (Å²) < 4.78 is 32.0. The third-order valence-corrected chi connectivity index (χ3v) is 30.4. The zero-order chi connectivity index (χ0) is 88.0. The van der Waals surface area contributed by atoms with Gasteiger partial charge >= 0.3 is 0 Å². The zero-order valence-corrected chi connectivity index (χ0v) is 74.4. The molecule has 628 valence electrons. The largest absolute Gasteiger partial charge is 0.449 e. The summed E-state index contributed by atoms with van der Waals surface area (Å²) in [5.74, 6) is 5.80. The Kier molecular flexibility index (Phi) is 18.1. The van der Waals surface area contributed by atoms with Crippen LogP contribution in [0.1, 0.15) is 69.5 Å². The van der Waals surface area contributed by atoms with Crippen LogP contribution in [0.5, 0.6) is 46.0 Å². The lowest BCUT2D eigenvalue weighted by atomic mass is 9.67. The SMILES string of the molecule is CC1(C)c2ccccc2-c2cc(N(c3ccc(-c4ccccc4)cc3)c3ccc(C4(c5ccc(-c6ccccc6)cc5)c5ccccc5-c5c4ccc4c5Oc5ccccc5O4)cc3)ccc21.c1ccc(-c2ccc(N(c3ccc(C4(c5ccc6c(c5)sc5ccccc56)c5ccccc5-c5c4ccc4c5Oc5ccccc5O4)cc3)c3ccc4sc5ccccc5c4c3)cc2)cc1. The van der Waals surface area contributed by atoms with E-state index < -0.39 is 10.8 Å². The van der Waals surface area contributed by atoms with E-state index in [-0.39, 0.29) is 5.41 Å². The molecule has 8 heteroatoms. The number of fused-ring (bicyclic) bond motifs is 21. The van der Waals surface area contributed by atoms with Crippen LogP contribution in [-0.4, -0.2) is 0 Å². The number of hydrogen-bond acceptors (Lipinski definition) is 8. The van der Waals surface area contributed by atoms with Gasteiger partial charge in [-0.2, -0.15) is 0 Å². The molecule has 0 amide bonds. The second kappa shape index (κ2) is 30.9. The highest BCUT2D eigenvalue weighted by molar-refractivity contribution is 7.26. The number of rotatable bonds is 13. The number of anilines is 6. The lowest BCUT2D eigenvalue weighted by Crippen LogP contribution is -2.28. The van der Waals surface area contributed by atoms with Crippen molar-refractivity contribution in [3.8, 4) is 113 Å². The van der Waals surface area contributed by atoms with E-state index in [0.29, 0.717) is 11.5 Å². The Bertz CT molecular complexity index is 8400. The minimum absolute atomic E-state index is 0.0878. The summed E-state index contributed by atoms with van der Waals surface area (Å²) in [6, 6.07) is 167. The van der Waals surface area contributed by atoms with Gasteiger partial charge in [0.25, 0.3) is 0 Å².